The third kappa shape index (κ3) is 2.44. The lowest BCUT2D eigenvalue weighted by atomic mass is 10.2. The largest absolute Gasteiger partial charge is 0.465 e. The van der Waals surface area contributed by atoms with Gasteiger partial charge in [0.25, 0.3) is 5.91 Å². The highest BCUT2D eigenvalue weighted by Gasteiger charge is 2.08. The number of hydrogen-bond donors (Lipinski definition) is 3. The minimum absolute atomic E-state index is 0.200. The molecule has 3 N–H and O–H groups in total. The lowest BCUT2D eigenvalue weighted by Gasteiger charge is -2.01. The molecule has 1 rings (SSSR count). The molecule has 1 aromatic heterocycles. The Balaban J connectivity index is 2.76. The van der Waals surface area contributed by atoms with E-state index in [0.29, 0.717) is 5.82 Å². The molecule has 2 amide bonds. The molecule has 0 bridgehead atoms. The minimum atomic E-state index is -1.38. The Bertz CT molecular complexity index is 347. The summed E-state index contributed by atoms with van der Waals surface area (Å²) in [5, 5.41) is 12.8. The first-order chi connectivity index (χ1) is 6.63. The van der Waals surface area contributed by atoms with E-state index in [2.05, 4.69) is 10.3 Å². The minimum Gasteiger partial charge on any atom is -0.465 e. The smallest absolute Gasteiger partial charge is 0.411 e. The van der Waals surface area contributed by atoms with Gasteiger partial charge in [0.15, 0.2) is 0 Å². The van der Waals surface area contributed by atoms with Gasteiger partial charge in [-0.3, -0.25) is 10.1 Å². The molecule has 74 valence electrons. The summed E-state index contributed by atoms with van der Waals surface area (Å²) in [6.45, 7) is 0. The zero-order valence-electron chi connectivity index (χ0n) is 7.44. The fourth-order valence-electron chi connectivity index (χ4n) is 0.845. The summed E-state index contributed by atoms with van der Waals surface area (Å²) in [7, 11) is 1.69. The van der Waals surface area contributed by atoms with Crippen LogP contribution in [0, 0.1) is 0 Å². The van der Waals surface area contributed by atoms with Gasteiger partial charge in [-0.1, -0.05) is 0 Å². The first-order valence-electron chi connectivity index (χ1n) is 3.81. The van der Waals surface area contributed by atoms with Crippen molar-refractivity contribution in [1.82, 2.24) is 10.3 Å². The van der Waals surface area contributed by atoms with E-state index < -0.39 is 12.0 Å². The Morgan fingerprint density at radius 1 is 1.43 bits per heavy atom. The Morgan fingerprint density at radius 2 is 2.14 bits per heavy atom. The van der Waals surface area contributed by atoms with Crippen molar-refractivity contribution < 1.29 is 14.7 Å². The number of anilines is 1. The number of carbonyl (C=O) groups is 2. The molecule has 6 heteroatoms. The van der Waals surface area contributed by atoms with Gasteiger partial charge in [-0.15, -0.1) is 0 Å². The van der Waals surface area contributed by atoms with Crippen molar-refractivity contribution in [1.29, 1.82) is 0 Å². The summed E-state index contributed by atoms with van der Waals surface area (Å²) in [5.41, 5.74) is 0.200. The molecular weight excluding hydrogens is 186 g/mol. The van der Waals surface area contributed by atoms with E-state index in [4.69, 9.17) is 5.11 Å². The van der Waals surface area contributed by atoms with Crippen LogP contribution in [0.15, 0.2) is 18.3 Å². The number of carbonyl (C=O) groups excluding carboxylic acids is 1. The molecule has 0 unspecified atom stereocenters. The van der Waals surface area contributed by atoms with E-state index in [0.717, 1.165) is 0 Å². The lowest BCUT2D eigenvalue weighted by molar-refractivity contribution is 0.0947. The topological polar surface area (TPSA) is 91.3 Å². The molecule has 14 heavy (non-hydrogen) atoms. The van der Waals surface area contributed by atoms with Gasteiger partial charge in [0.2, 0.25) is 0 Å². The Hall–Kier alpha value is -2.11. The van der Waals surface area contributed by atoms with E-state index in [1.54, 1.807) is 18.4 Å². The zero-order valence-corrected chi connectivity index (χ0v) is 7.44. The number of carboxylic acid groups (broad SMARTS) is 1. The van der Waals surface area contributed by atoms with E-state index in [-0.39, 0.29) is 5.56 Å². The van der Waals surface area contributed by atoms with Gasteiger partial charge in [-0.2, -0.15) is 0 Å². The van der Waals surface area contributed by atoms with E-state index in [1.807, 2.05) is 0 Å². The fourth-order valence-corrected chi connectivity index (χ4v) is 0.845. The summed E-state index contributed by atoms with van der Waals surface area (Å²) >= 11 is 0. The maximum Gasteiger partial charge on any atom is 0.411 e. The van der Waals surface area contributed by atoms with Crippen LogP contribution in [-0.2, 0) is 0 Å². The molecular formula is C8H9N3O3. The van der Waals surface area contributed by atoms with Crippen molar-refractivity contribution in [3.63, 3.8) is 0 Å². The molecule has 1 heterocycles. The number of amides is 2. The number of nitrogens with one attached hydrogen (secondary N) is 2. The van der Waals surface area contributed by atoms with Crippen molar-refractivity contribution in [3.05, 3.63) is 23.9 Å². The number of pyridine rings is 1. The van der Waals surface area contributed by atoms with Crippen molar-refractivity contribution in [2.75, 3.05) is 12.4 Å². The highest BCUT2D eigenvalue weighted by atomic mass is 16.4. The number of aromatic nitrogens is 1. The second-order valence-corrected chi connectivity index (χ2v) is 2.44. The third-order valence-corrected chi connectivity index (χ3v) is 1.50. The Kier molecular flexibility index (Phi) is 3.01. The van der Waals surface area contributed by atoms with Gasteiger partial charge in [-0.05, 0) is 12.1 Å². The van der Waals surface area contributed by atoms with E-state index in [9.17, 15) is 9.59 Å². The monoisotopic (exact) mass is 195 g/mol. The van der Waals surface area contributed by atoms with Crippen molar-refractivity contribution >= 4 is 17.8 Å². The normalized spacial score (nSPS) is 9.21. The number of imide groups is 1. The maximum atomic E-state index is 11.1. The van der Waals surface area contributed by atoms with Crippen LogP contribution in [-0.4, -0.2) is 29.1 Å². The van der Waals surface area contributed by atoms with Crippen LogP contribution in [0.3, 0.4) is 0 Å². The first-order valence-corrected chi connectivity index (χ1v) is 3.81. The second-order valence-electron chi connectivity index (χ2n) is 2.44. The molecule has 0 atom stereocenters. The Labute approximate surface area is 80.0 Å². The van der Waals surface area contributed by atoms with Gasteiger partial charge >= 0.3 is 6.09 Å². The molecule has 0 radical (unpaired) electrons. The zero-order chi connectivity index (χ0) is 10.6. The third-order valence-electron chi connectivity index (χ3n) is 1.50. The van der Waals surface area contributed by atoms with Crippen molar-refractivity contribution in [3.8, 4) is 0 Å². The molecule has 0 fully saturated rings. The first kappa shape index (κ1) is 9.97. The predicted molar refractivity (Wildman–Crippen MR) is 49.3 cm³/mol. The highest BCUT2D eigenvalue weighted by molar-refractivity contribution is 6.02. The molecule has 0 aliphatic carbocycles. The van der Waals surface area contributed by atoms with Crippen LogP contribution in [0.5, 0.6) is 0 Å². The number of hydrogen-bond acceptors (Lipinski definition) is 4. The molecule has 6 nitrogen and oxygen atoms in total. The van der Waals surface area contributed by atoms with Crippen LogP contribution >= 0.6 is 0 Å². The van der Waals surface area contributed by atoms with Crippen LogP contribution in [0.2, 0.25) is 0 Å². The Morgan fingerprint density at radius 3 is 2.57 bits per heavy atom. The van der Waals surface area contributed by atoms with Crippen LogP contribution < -0.4 is 10.6 Å². The quantitative estimate of drug-likeness (QED) is 0.640. The van der Waals surface area contributed by atoms with E-state index >= 15 is 0 Å². The van der Waals surface area contributed by atoms with Gasteiger partial charge in [0, 0.05) is 13.2 Å². The molecule has 0 aromatic carbocycles. The van der Waals surface area contributed by atoms with Crippen molar-refractivity contribution in [2.24, 2.45) is 0 Å². The maximum absolute atomic E-state index is 11.1. The summed E-state index contributed by atoms with van der Waals surface area (Å²) in [5.74, 6) is -0.0791. The van der Waals surface area contributed by atoms with Crippen LogP contribution in [0.4, 0.5) is 10.6 Å². The van der Waals surface area contributed by atoms with Gasteiger partial charge in [-0.25, -0.2) is 9.78 Å². The fraction of sp³-hybridized carbons (Fsp3) is 0.125. The molecule has 0 aliphatic heterocycles. The summed E-state index contributed by atoms with van der Waals surface area (Å²) in [4.78, 5) is 25.1. The average molecular weight is 195 g/mol. The summed E-state index contributed by atoms with van der Waals surface area (Å²) in [6, 6.07) is 3.06. The summed E-state index contributed by atoms with van der Waals surface area (Å²) in [6.07, 6.45) is -0.0860. The molecule has 0 saturated carbocycles. The standard InChI is InChI=1S/C8H9N3O3/c1-9-6-3-2-5(4-10-6)7(12)11-8(13)14/h2-4H,1H3,(H,9,10)(H,11,12)(H,13,14). The highest BCUT2D eigenvalue weighted by Crippen LogP contribution is 2.03. The molecule has 1 aromatic rings. The SMILES string of the molecule is CNc1ccc(C(=O)NC(=O)O)cn1. The number of nitrogens with zero attached hydrogens (tertiary/aromatic N) is 1. The second kappa shape index (κ2) is 4.22. The average Bonchev–Trinajstić information content (AvgIpc) is 2.17. The molecule has 0 spiro atoms. The molecule has 0 aliphatic rings. The predicted octanol–water partition coefficient (Wildman–Crippen LogP) is 0.531. The van der Waals surface area contributed by atoms with Gasteiger partial charge in [0.05, 0.1) is 5.56 Å². The van der Waals surface area contributed by atoms with Crippen molar-refractivity contribution in [2.45, 2.75) is 0 Å². The van der Waals surface area contributed by atoms with Gasteiger partial charge < -0.3 is 10.4 Å². The molecule has 0 saturated heterocycles. The van der Waals surface area contributed by atoms with Crippen LogP contribution in [0.1, 0.15) is 10.4 Å². The van der Waals surface area contributed by atoms with Crippen LogP contribution in [0.25, 0.3) is 0 Å². The lowest BCUT2D eigenvalue weighted by Crippen LogP contribution is -2.28. The summed E-state index contributed by atoms with van der Waals surface area (Å²) < 4.78 is 0. The van der Waals surface area contributed by atoms with E-state index in [1.165, 1.54) is 12.3 Å². The van der Waals surface area contributed by atoms with Gasteiger partial charge in [0.1, 0.15) is 5.82 Å². The number of rotatable bonds is 2.